The fourth-order valence-corrected chi connectivity index (χ4v) is 3.27. The van der Waals surface area contributed by atoms with Crippen LogP contribution in [0.3, 0.4) is 0 Å². The maximum Gasteiger partial charge on any atom is 0.227 e. The zero-order chi connectivity index (χ0) is 18.7. The van der Waals surface area contributed by atoms with Crippen LogP contribution < -0.4 is 9.80 Å². The third-order valence-electron chi connectivity index (χ3n) is 4.72. The monoisotopic (exact) mass is 358 g/mol. The van der Waals surface area contributed by atoms with E-state index in [-0.39, 0.29) is 12.0 Å². The van der Waals surface area contributed by atoms with Crippen LogP contribution in [0.15, 0.2) is 28.8 Å². The first-order chi connectivity index (χ1) is 12.5. The predicted octanol–water partition coefficient (Wildman–Crippen LogP) is 2.83. The first-order valence-electron chi connectivity index (χ1n) is 8.95. The number of para-hydroxylation sites is 2. The summed E-state index contributed by atoms with van der Waals surface area (Å²) < 4.78 is 10.4. The maximum atomic E-state index is 12.9. The van der Waals surface area contributed by atoms with Crippen molar-refractivity contribution in [2.24, 2.45) is 5.92 Å². The molecule has 0 saturated carbocycles. The molecule has 0 spiro atoms. The second-order valence-electron chi connectivity index (χ2n) is 6.90. The van der Waals surface area contributed by atoms with Gasteiger partial charge in [0.2, 0.25) is 11.8 Å². The summed E-state index contributed by atoms with van der Waals surface area (Å²) in [5.74, 6) is 1.42. The maximum absolute atomic E-state index is 12.9. The van der Waals surface area contributed by atoms with Gasteiger partial charge >= 0.3 is 0 Å². The van der Waals surface area contributed by atoms with Gasteiger partial charge in [-0.25, -0.2) is 0 Å². The lowest BCUT2D eigenvalue weighted by Gasteiger charge is -2.24. The number of hydrogen-bond acceptors (Lipinski definition) is 6. The van der Waals surface area contributed by atoms with E-state index >= 15 is 0 Å². The third-order valence-corrected chi connectivity index (χ3v) is 4.72. The molecule has 2 atom stereocenters. The number of methoxy groups -OCH3 is 1. The Balaban J connectivity index is 1.72. The van der Waals surface area contributed by atoms with Crippen LogP contribution in [0, 0.1) is 5.92 Å². The van der Waals surface area contributed by atoms with Crippen LogP contribution in [0.25, 0.3) is 0 Å². The van der Waals surface area contributed by atoms with Crippen LogP contribution in [-0.4, -0.2) is 43.3 Å². The van der Waals surface area contributed by atoms with Gasteiger partial charge in [0.15, 0.2) is 5.82 Å². The Labute approximate surface area is 153 Å². The van der Waals surface area contributed by atoms with Crippen LogP contribution in [0.4, 0.5) is 11.4 Å². The topological polar surface area (TPSA) is 71.7 Å². The Morgan fingerprint density at radius 1 is 1.35 bits per heavy atom. The van der Waals surface area contributed by atoms with E-state index in [4.69, 9.17) is 9.26 Å². The SMILES string of the molecule is COC(C)c1noc(CCC(=O)N2CC(C)CN(C)c3ccccc32)n1. The highest BCUT2D eigenvalue weighted by Gasteiger charge is 2.26. The molecule has 0 radical (unpaired) electrons. The molecule has 26 heavy (non-hydrogen) atoms. The Morgan fingerprint density at radius 3 is 2.81 bits per heavy atom. The van der Waals surface area contributed by atoms with E-state index in [0.717, 1.165) is 17.9 Å². The third kappa shape index (κ3) is 3.88. The summed E-state index contributed by atoms with van der Waals surface area (Å²) in [6, 6.07) is 8.04. The number of fused-ring (bicyclic) bond motifs is 1. The van der Waals surface area contributed by atoms with Crippen LogP contribution in [-0.2, 0) is 16.0 Å². The number of rotatable bonds is 5. The zero-order valence-corrected chi connectivity index (χ0v) is 15.8. The number of hydrogen-bond donors (Lipinski definition) is 0. The summed E-state index contributed by atoms with van der Waals surface area (Å²) in [4.78, 5) is 21.3. The number of nitrogens with zero attached hydrogens (tertiary/aromatic N) is 4. The molecule has 0 aliphatic carbocycles. The molecule has 0 bridgehead atoms. The molecule has 1 aromatic heterocycles. The Hall–Kier alpha value is -2.41. The summed E-state index contributed by atoms with van der Waals surface area (Å²) in [7, 11) is 3.67. The van der Waals surface area contributed by atoms with Gasteiger partial charge in [0.05, 0.1) is 11.4 Å². The Morgan fingerprint density at radius 2 is 2.08 bits per heavy atom. The van der Waals surface area contributed by atoms with Gasteiger partial charge in [-0.2, -0.15) is 4.98 Å². The van der Waals surface area contributed by atoms with Gasteiger partial charge in [-0.15, -0.1) is 0 Å². The number of benzene rings is 1. The van der Waals surface area contributed by atoms with Crippen LogP contribution >= 0.6 is 0 Å². The van der Waals surface area contributed by atoms with Crippen molar-refractivity contribution in [2.75, 3.05) is 37.0 Å². The van der Waals surface area contributed by atoms with E-state index in [0.29, 0.717) is 37.0 Å². The van der Waals surface area contributed by atoms with Crippen molar-refractivity contribution in [3.8, 4) is 0 Å². The number of aromatic nitrogens is 2. The number of aryl methyl sites for hydroxylation is 1. The van der Waals surface area contributed by atoms with Crippen molar-refractivity contribution in [2.45, 2.75) is 32.8 Å². The molecule has 1 amide bonds. The Bertz CT molecular complexity index is 761. The molecular weight excluding hydrogens is 332 g/mol. The standard InChI is InChI=1S/C19H26N4O3/c1-13-11-22(3)15-7-5-6-8-16(15)23(12-13)18(24)10-9-17-20-19(21-26-17)14(2)25-4/h5-8,13-14H,9-12H2,1-4H3. The van der Waals surface area contributed by atoms with E-state index in [2.05, 4.69) is 35.1 Å². The van der Waals surface area contributed by atoms with E-state index in [1.807, 2.05) is 30.0 Å². The molecule has 2 aromatic rings. The quantitative estimate of drug-likeness (QED) is 0.818. The highest BCUT2D eigenvalue weighted by molar-refractivity contribution is 5.97. The molecule has 1 aliphatic heterocycles. The van der Waals surface area contributed by atoms with E-state index < -0.39 is 0 Å². The van der Waals surface area contributed by atoms with Gasteiger partial charge in [0.25, 0.3) is 0 Å². The number of amides is 1. The van der Waals surface area contributed by atoms with Crippen molar-refractivity contribution in [1.82, 2.24) is 10.1 Å². The molecule has 2 heterocycles. The van der Waals surface area contributed by atoms with Gasteiger partial charge in [-0.05, 0) is 25.0 Å². The fraction of sp³-hybridized carbons (Fsp3) is 0.526. The number of ether oxygens (including phenoxy) is 1. The van der Waals surface area contributed by atoms with Crippen molar-refractivity contribution < 1.29 is 14.1 Å². The molecule has 140 valence electrons. The average Bonchev–Trinajstić information content (AvgIpc) is 3.07. The summed E-state index contributed by atoms with van der Waals surface area (Å²) in [6.45, 7) is 5.64. The molecule has 0 fully saturated rings. The van der Waals surface area contributed by atoms with Crippen molar-refractivity contribution in [3.63, 3.8) is 0 Å². The molecule has 1 aromatic carbocycles. The largest absolute Gasteiger partial charge is 0.374 e. The van der Waals surface area contributed by atoms with E-state index in [9.17, 15) is 4.79 Å². The molecule has 0 N–H and O–H groups in total. The lowest BCUT2D eigenvalue weighted by Crippen LogP contribution is -2.35. The van der Waals surface area contributed by atoms with Gasteiger partial charge in [-0.1, -0.05) is 24.2 Å². The average molecular weight is 358 g/mol. The molecular formula is C19H26N4O3. The van der Waals surface area contributed by atoms with Gasteiger partial charge in [0, 0.05) is 40.1 Å². The van der Waals surface area contributed by atoms with Gasteiger partial charge in [-0.3, -0.25) is 4.79 Å². The number of anilines is 2. The van der Waals surface area contributed by atoms with Crippen LogP contribution in [0.2, 0.25) is 0 Å². The number of carbonyl (C=O) groups is 1. The minimum absolute atomic E-state index is 0.0686. The molecule has 7 nitrogen and oxygen atoms in total. The van der Waals surface area contributed by atoms with Gasteiger partial charge < -0.3 is 19.1 Å². The van der Waals surface area contributed by atoms with Crippen molar-refractivity contribution >= 4 is 17.3 Å². The van der Waals surface area contributed by atoms with Crippen LogP contribution in [0.1, 0.15) is 38.1 Å². The van der Waals surface area contributed by atoms with E-state index in [1.165, 1.54) is 0 Å². The minimum atomic E-state index is -0.225. The lowest BCUT2D eigenvalue weighted by molar-refractivity contribution is -0.118. The summed E-state index contributed by atoms with van der Waals surface area (Å²) in [5.41, 5.74) is 2.04. The van der Waals surface area contributed by atoms with E-state index in [1.54, 1.807) is 7.11 Å². The summed E-state index contributed by atoms with van der Waals surface area (Å²) >= 11 is 0. The van der Waals surface area contributed by atoms with Crippen molar-refractivity contribution in [1.29, 1.82) is 0 Å². The first-order valence-corrected chi connectivity index (χ1v) is 8.95. The second kappa shape index (κ2) is 7.86. The molecule has 2 unspecified atom stereocenters. The highest BCUT2D eigenvalue weighted by Crippen LogP contribution is 2.33. The minimum Gasteiger partial charge on any atom is -0.374 e. The number of carbonyl (C=O) groups excluding carboxylic acids is 1. The first kappa shape index (κ1) is 18.4. The molecule has 3 rings (SSSR count). The van der Waals surface area contributed by atoms with Gasteiger partial charge in [0.1, 0.15) is 6.10 Å². The molecule has 0 saturated heterocycles. The molecule has 7 heteroatoms. The zero-order valence-electron chi connectivity index (χ0n) is 15.8. The highest BCUT2D eigenvalue weighted by atomic mass is 16.5. The second-order valence-corrected chi connectivity index (χ2v) is 6.90. The summed E-state index contributed by atoms with van der Waals surface area (Å²) in [6.07, 6.45) is 0.524. The lowest BCUT2D eigenvalue weighted by atomic mass is 10.1. The summed E-state index contributed by atoms with van der Waals surface area (Å²) in [5, 5.41) is 3.91. The normalized spacial score (nSPS) is 18.4. The Kier molecular flexibility index (Phi) is 5.56. The smallest absolute Gasteiger partial charge is 0.227 e. The molecule has 1 aliphatic rings. The van der Waals surface area contributed by atoms with Crippen LogP contribution in [0.5, 0.6) is 0 Å². The fourth-order valence-electron chi connectivity index (χ4n) is 3.27. The van der Waals surface area contributed by atoms with Crippen molar-refractivity contribution in [3.05, 3.63) is 36.0 Å². The predicted molar refractivity (Wildman–Crippen MR) is 99.3 cm³/mol.